The molecule has 0 aliphatic rings. The number of hydrogen-bond donors (Lipinski definition) is 1. The average Bonchev–Trinajstić information content (AvgIpc) is 2.84. The lowest BCUT2D eigenvalue weighted by Gasteiger charge is -2.25. The van der Waals surface area contributed by atoms with Gasteiger partial charge in [-0.2, -0.15) is 5.26 Å². The lowest BCUT2D eigenvalue weighted by Crippen LogP contribution is -2.26. The highest BCUT2D eigenvalue weighted by molar-refractivity contribution is 6.35. The van der Waals surface area contributed by atoms with Crippen LogP contribution >= 0.6 is 11.6 Å². The van der Waals surface area contributed by atoms with Gasteiger partial charge in [0, 0.05) is 37.4 Å². The second-order valence-corrected chi connectivity index (χ2v) is 7.84. The van der Waals surface area contributed by atoms with E-state index in [4.69, 9.17) is 16.3 Å². The molecule has 8 heteroatoms. The van der Waals surface area contributed by atoms with Crippen LogP contribution in [0.15, 0.2) is 73.1 Å². The van der Waals surface area contributed by atoms with Crippen molar-refractivity contribution in [2.45, 2.75) is 6.04 Å². The number of amides is 1. The predicted molar refractivity (Wildman–Crippen MR) is 127 cm³/mol. The third-order valence-corrected chi connectivity index (χ3v) is 5.35. The number of benzene rings is 2. The van der Waals surface area contributed by atoms with Crippen LogP contribution in [0.4, 0.5) is 10.6 Å². The van der Waals surface area contributed by atoms with Gasteiger partial charge in [0.25, 0.3) is 0 Å². The summed E-state index contributed by atoms with van der Waals surface area (Å²) in [6.45, 7) is 0. The smallest absolute Gasteiger partial charge is 0.407 e. The number of carbonyl (C=O) groups excluding carboxylic acids is 1. The fraction of sp³-hybridized carbons (Fsp3) is 0.120. The van der Waals surface area contributed by atoms with Crippen molar-refractivity contribution in [2.75, 3.05) is 19.4 Å². The maximum absolute atomic E-state index is 12.6. The number of nitriles is 1. The van der Waals surface area contributed by atoms with E-state index in [1.807, 2.05) is 36.4 Å². The van der Waals surface area contributed by atoms with Gasteiger partial charge < -0.3 is 15.0 Å². The van der Waals surface area contributed by atoms with E-state index in [2.05, 4.69) is 21.4 Å². The lowest BCUT2D eigenvalue weighted by molar-refractivity contribution is 0.172. The summed E-state index contributed by atoms with van der Waals surface area (Å²) in [5.74, 6) is 0.840. The van der Waals surface area contributed by atoms with Gasteiger partial charge in [-0.15, -0.1) is 0 Å². The van der Waals surface area contributed by atoms with Gasteiger partial charge >= 0.3 is 6.09 Å². The number of rotatable bonds is 5. The molecule has 2 heterocycles. The number of aromatic nitrogens is 2. The fourth-order valence-electron chi connectivity index (χ4n) is 3.47. The van der Waals surface area contributed by atoms with Crippen molar-refractivity contribution in [3.05, 3.63) is 94.8 Å². The fourth-order valence-corrected chi connectivity index (χ4v) is 3.74. The minimum absolute atomic E-state index is 0.259. The molecule has 7 nitrogen and oxygen atoms in total. The first kappa shape index (κ1) is 22.1. The molecule has 2 aromatic carbocycles. The minimum atomic E-state index is -0.607. The summed E-state index contributed by atoms with van der Waals surface area (Å²) in [6, 6.07) is 19.6. The summed E-state index contributed by atoms with van der Waals surface area (Å²) in [4.78, 5) is 22.7. The maximum atomic E-state index is 12.6. The Bertz CT molecular complexity index is 1350. The number of nitrogens with zero attached hydrogens (tertiary/aromatic N) is 4. The third kappa shape index (κ3) is 4.56. The van der Waals surface area contributed by atoms with Gasteiger partial charge in [-0.05, 0) is 42.0 Å². The predicted octanol–water partition coefficient (Wildman–Crippen LogP) is 5.42. The van der Waals surface area contributed by atoms with Crippen molar-refractivity contribution >= 4 is 34.4 Å². The van der Waals surface area contributed by atoms with Gasteiger partial charge in [-0.25, -0.2) is 9.78 Å². The van der Waals surface area contributed by atoms with Crippen molar-refractivity contribution in [2.24, 2.45) is 0 Å². The Morgan fingerprint density at radius 2 is 1.82 bits per heavy atom. The molecule has 0 saturated heterocycles. The largest absolute Gasteiger partial charge is 0.414 e. The maximum Gasteiger partial charge on any atom is 0.414 e. The van der Waals surface area contributed by atoms with Crippen molar-refractivity contribution < 1.29 is 9.53 Å². The number of pyridine rings is 2. The summed E-state index contributed by atoms with van der Waals surface area (Å²) < 4.78 is 5.81. The number of hydrogen-bond acceptors (Lipinski definition) is 6. The summed E-state index contributed by atoms with van der Waals surface area (Å²) >= 11 is 6.64. The molecule has 4 aromatic rings. The Hall–Kier alpha value is -4.15. The molecule has 0 aliphatic heterocycles. The van der Waals surface area contributed by atoms with E-state index in [9.17, 15) is 10.1 Å². The number of ether oxygens (including phenoxy) is 1. The number of nitrogens with one attached hydrogen (secondary N) is 1. The number of halogens is 1. The highest BCUT2D eigenvalue weighted by Gasteiger charge is 2.27. The molecular formula is C25H20ClN5O2. The molecule has 2 aromatic heterocycles. The zero-order chi connectivity index (χ0) is 23.4. The van der Waals surface area contributed by atoms with E-state index >= 15 is 0 Å². The van der Waals surface area contributed by atoms with Gasteiger partial charge in [-0.1, -0.05) is 35.9 Å². The molecule has 1 unspecified atom stereocenters. The summed E-state index contributed by atoms with van der Waals surface area (Å²) in [6.07, 6.45) is 2.72. The SMILES string of the molecule is CN(C)C(=O)Oc1c(C(Nc2ccccn2)c2ccccc2C#N)cc(Cl)c2cccnc12. The van der Waals surface area contributed by atoms with Crippen LogP contribution in [0, 0.1) is 11.3 Å². The second kappa shape index (κ2) is 9.55. The number of fused-ring (bicyclic) bond motifs is 1. The molecule has 0 radical (unpaired) electrons. The Kier molecular flexibility index (Phi) is 6.38. The molecule has 33 heavy (non-hydrogen) atoms. The normalized spacial score (nSPS) is 11.5. The second-order valence-electron chi connectivity index (χ2n) is 7.43. The van der Waals surface area contributed by atoms with Gasteiger partial charge in [0.05, 0.1) is 22.7 Å². The van der Waals surface area contributed by atoms with Crippen molar-refractivity contribution in [1.29, 1.82) is 5.26 Å². The zero-order valence-corrected chi connectivity index (χ0v) is 18.7. The highest BCUT2D eigenvalue weighted by atomic mass is 35.5. The first-order chi connectivity index (χ1) is 16.0. The van der Waals surface area contributed by atoms with Crippen LogP contribution in [0.2, 0.25) is 5.02 Å². The van der Waals surface area contributed by atoms with E-state index in [1.54, 1.807) is 50.8 Å². The molecule has 0 saturated carbocycles. The van der Waals surface area contributed by atoms with E-state index in [1.165, 1.54) is 4.90 Å². The summed E-state index contributed by atoms with van der Waals surface area (Å²) in [5.41, 5.74) is 2.14. The van der Waals surface area contributed by atoms with Crippen LogP contribution in [0.25, 0.3) is 10.9 Å². The van der Waals surface area contributed by atoms with E-state index < -0.39 is 12.1 Å². The minimum Gasteiger partial charge on any atom is -0.407 e. The molecule has 164 valence electrons. The highest BCUT2D eigenvalue weighted by Crippen LogP contribution is 2.41. The van der Waals surface area contributed by atoms with Crippen molar-refractivity contribution in [1.82, 2.24) is 14.9 Å². The van der Waals surface area contributed by atoms with Crippen LogP contribution in [0.1, 0.15) is 22.7 Å². The molecular weight excluding hydrogens is 438 g/mol. The van der Waals surface area contributed by atoms with E-state index in [0.717, 1.165) is 0 Å². The van der Waals surface area contributed by atoms with Crippen LogP contribution in [-0.2, 0) is 0 Å². The molecule has 0 spiro atoms. The van der Waals surface area contributed by atoms with Crippen molar-refractivity contribution in [3.63, 3.8) is 0 Å². The average molecular weight is 458 g/mol. The van der Waals surface area contributed by atoms with Crippen LogP contribution < -0.4 is 10.1 Å². The number of carbonyl (C=O) groups is 1. The quantitative estimate of drug-likeness (QED) is 0.430. The Morgan fingerprint density at radius 3 is 2.55 bits per heavy atom. The third-order valence-electron chi connectivity index (χ3n) is 5.04. The van der Waals surface area contributed by atoms with E-state index in [-0.39, 0.29) is 5.75 Å². The molecule has 1 N–H and O–H groups in total. The Morgan fingerprint density at radius 1 is 1.06 bits per heavy atom. The summed E-state index contributed by atoms with van der Waals surface area (Å²) in [7, 11) is 3.20. The molecule has 0 aliphatic carbocycles. The van der Waals surface area contributed by atoms with Gasteiger partial charge in [-0.3, -0.25) is 4.98 Å². The molecule has 1 atom stereocenters. The van der Waals surface area contributed by atoms with Crippen LogP contribution in [0.5, 0.6) is 5.75 Å². The van der Waals surface area contributed by atoms with Gasteiger partial charge in [0.15, 0.2) is 5.75 Å². The molecule has 0 fully saturated rings. The lowest BCUT2D eigenvalue weighted by atomic mass is 9.93. The molecule has 4 rings (SSSR count). The molecule has 1 amide bonds. The van der Waals surface area contributed by atoms with Crippen LogP contribution in [0.3, 0.4) is 0 Å². The Labute approximate surface area is 196 Å². The topological polar surface area (TPSA) is 91.1 Å². The van der Waals surface area contributed by atoms with Crippen molar-refractivity contribution in [3.8, 4) is 11.8 Å². The van der Waals surface area contributed by atoms with Gasteiger partial charge in [0.2, 0.25) is 0 Å². The van der Waals surface area contributed by atoms with Crippen LogP contribution in [-0.4, -0.2) is 35.1 Å². The standard InChI is InChI=1S/C25H20ClN5O2/c1-31(2)25(32)33-24-19(14-20(26)18-10-7-13-29-23(18)24)22(30-21-11-5-6-12-28-21)17-9-4-3-8-16(17)15-27/h3-14,22H,1-2H3,(H,28,30). The van der Waals surface area contributed by atoms with E-state index in [0.29, 0.717) is 38.4 Å². The number of anilines is 1. The Balaban J connectivity index is 1.99. The first-order valence-electron chi connectivity index (χ1n) is 10.1. The zero-order valence-electron chi connectivity index (χ0n) is 18.0. The monoisotopic (exact) mass is 457 g/mol. The molecule has 0 bridgehead atoms. The summed E-state index contributed by atoms with van der Waals surface area (Å²) in [5, 5.41) is 14.2. The first-order valence-corrected chi connectivity index (χ1v) is 10.5. The van der Waals surface area contributed by atoms with Gasteiger partial charge in [0.1, 0.15) is 11.3 Å².